The summed E-state index contributed by atoms with van der Waals surface area (Å²) in [7, 11) is -0.857. The number of hydrogen-bond donors (Lipinski definition) is 1. The Bertz CT molecular complexity index is 335. The van der Waals surface area contributed by atoms with Crippen LogP contribution in [-0.2, 0) is 9.84 Å². The summed E-state index contributed by atoms with van der Waals surface area (Å²) in [5.41, 5.74) is 0.233. The zero-order valence-corrected chi connectivity index (χ0v) is 14.3. The summed E-state index contributed by atoms with van der Waals surface area (Å²) < 4.78 is 22.4. The van der Waals surface area contributed by atoms with E-state index in [1.165, 1.54) is 6.26 Å². The first kappa shape index (κ1) is 18.9. The number of hydrogen-bond acceptors (Lipinski definition) is 4. The summed E-state index contributed by atoms with van der Waals surface area (Å²) >= 11 is 0. The van der Waals surface area contributed by atoms with Crippen LogP contribution in [0.15, 0.2) is 0 Å². The molecule has 0 atom stereocenters. The first-order valence-electron chi connectivity index (χ1n) is 7.24. The summed E-state index contributed by atoms with van der Waals surface area (Å²) in [5, 5.41) is 3.52. The van der Waals surface area contributed by atoms with Crippen LogP contribution in [0.3, 0.4) is 0 Å². The van der Waals surface area contributed by atoms with Gasteiger partial charge in [0.2, 0.25) is 0 Å². The van der Waals surface area contributed by atoms with Crippen LogP contribution in [0.2, 0.25) is 0 Å². The molecule has 0 heterocycles. The Morgan fingerprint density at radius 3 is 2.11 bits per heavy atom. The Morgan fingerprint density at radius 2 is 1.74 bits per heavy atom. The van der Waals surface area contributed by atoms with Crippen molar-refractivity contribution in [3.63, 3.8) is 0 Å². The third-order valence-corrected chi connectivity index (χ3v) is 4.76. The van der Waals surface area contributed by atoms with E-state index in [0.29, 0.717) is 12.6 Å². The van der Waals surface area contributed by atoms with Crippen LogP contribution in [0, 0.1) is 5.41 Å². The minimum absolute atomic E-state index is 0.233. The molecule has 0 amide bonds. The second-order valence-electron chi connectivity index (χ2n) is 6.11. The molecule has 0 radical (unpaired) electrons. The Kier molecular flexibility index (Phi) is 8.17. The van der Waals surface area contributed by atoms with Gasteiger partial charge in [-0.15, -0.1) is 0 Å². The minimum Gasteiger partial charge on any atom is -0.314 e. The molecule has 0 unspecified atom stereocenters. The molecule has 0 saturated heterocycles. The zero-order valence-electron chi connectivity index (χ0n) is 13.5. The van der Waals surface area contributed by atoms with Gasteiger partial charge in [0.05, 0.1) is 5.75 Å². The van der Waals surface area contributed by atoms with Gasteiger partial charge in [0.1, 0.15) is 9.84 Å². The van der Waals surface area contributed by atoms with Crippen molar-refractivity contribution < 1.29 is 8.42 Å². The van der Waals surface area contributed by atoms with Crippen LogP contribution < -0.4 is 5.32 Å². The molecule has 0 saturated carbocycles. The van der Waals surface area contributed by atoms with E-state index in [1.807, 2.05) is 7.05 Å². The SMILES string of the molecule is CCC(CC)(CNC(C)C)CN(C)CCS(C)(=O)=O. The lowest BCUT2D eigenvalue weighted by atomic mass is 9.81. The van der Waals surface area contributed by atoms with E-state index in [4.69, 9.17) is 0 Å². The quantitative estimate of drug-likeness (QED) is 0.667. The fourth-order valence-corrected chi connectivity index (χ4v) is 2.82. The molecule has 0 fully saturated rings. The number of rotatable bonds is 10. The summed E-state index contributed by atoms with van der Waals surface area (Å²) in [5.74, 6) is 0.241. The van der Waals surface area contributed by atoms with Crippen LogP contribution in [0.25, 0.3) is 0 Å². The highest BCUT2D eigenvalue weighted by atomic mass is 32.2. The van der Waals surface area contributed by atoms with E-state index in [9.17, 15) is 8.42 Å². The number of nitrogens with zero attached hydrogens (tertiary/aromatic N) is 1. The number of sulfone groups is 1. The average molecular weight is 292 g/mol. The molecule has 19 heavy (non-hydrogen) atoms. The van der Waals surface area contributed by atoms with Gasteiger partial charge in [0.15, 0.2) is 0 Å². The topological polar surface area (TPSA) is 49.4 Å². The van der Waals surface area contributed by atoms with Crippen molar-refractivity contribution in [1.82, 2.24) is 10.2 Å². The average Bonchev–Trinajstić information content (AvgIpc) is 2.31. The predicted molar refractivity (Wildman–Crippen MR) is 83.4 cm³/mol. The Balaban J connectivity index is 4.47. The molecule has 0 bridgehead atoms. The van der Waals surface area contributed by atoms with Gasteiger partial charge in [-0.1, -0.05) is 27.7 Å². The monoisotopic (exact) mass is 292 g/mol. The number of nitrogens with one attached hydrogen (secondary N) is 1. The van der Waals surface area contributed by atoms with Crippen molar-refractivity contribution in [3.8, 4) is 0 Å². The van der Waals surface area contributed by atoms with Gasteiger partial charge >= 0.3 is 0 Å². The van der Waals surface area contributed by atoms with Crippen molar-refractivity contribution in [2.75, 3.05) is 38.7 Å². The molecule has 0 aliphatic rings. The Labute approximate surface area is 119 Å². The van der Waals surface area contributed by atoms with Crippen molar-refractivity contribution >= 4 is 9.84 Å². The lowest BCUT2D eigenvalue weighted by Gasteiger charge is -2.36. The van der Waals surface area contributed by atoms with Gasteiger partial charge in [0, 0.05) is 31.9 Å². The van der Waals surface area contributed by atoms with Gasteiger partial charge in [0.25, 0.3) is 0 Å². The lowest BCUT2D eigenvalue weighted by molar-refractivity contribution is 0.157. The molecule has 4 nitrogen and oxygen atoms in total. The van der Waals surface area contributed by atoms with Gasteiger partial charge in [-0.3, -0.25) is 0 Å². The Morgan fingerprint density at radius 1 is 1.21 bits per heavy atom. The molecule has 0 aromatic carbocycles. The highest BCUT2D eigenvalue weighted by Crippen LogP contribution is 2.26. The molecule has 116 valence electrons. The predicted octanol–water partition coefficient (Wildman–Crippen LogP) is 1.77. The lowest BCUT2D eigenvalue weighted by Crippen LogP contribution is -2.45. The van der Waals surface area contributed by atoms with Gasteiger partial charge in [-0.25, -0.2) is 8.42 Å². The summed E-state index contributed by atoms with van der Waals surface area (Å²) in [6.07, 6.45) is 3.51. The van der Waals surface area contributed by atoms with Crippen LogP contribution >= 0.6 is 0 Å². The molecule has 0 aliphatic carbocycles. The zero-order chi connectivity index (χ0) is 15.1. The van der Waals surface area contributed by atoms with Crippen molar-refractivity contribution in [3.05, 3.63) is 0 Å². The first-order valence-corrected chi connectivity index (χ1v) is 9.30. The minimum atomic E-state index is -2.87. The van der Waals surface area contributed by atoms with Crippen molar-refractivity contribution in [2.45, 2.75) is 46.6 Å². The van der Waals surface area contributed by atoms with E-state index >= 15 is 0 Å². The standard InChI is InChI=1S/C14H32N2O2S/c1-7-14(8-2,11-15-13(3)4)12-16(5)9-10-19(6,17)18/h13,15H,7-12H2,1-6H3. The normalized spacial score (nSPS) is 13.5. The second kappa shape index (κ2) is 8.22. The molecule has 0 spiro atoms. The largest absolute Gasteiger partial charge is 0.314 e. The van der Waals surface area contributed by atoms with Crippen LogP contribution in [0.5, 0.6) is 0 Å². The molecule has 0 rings (SSSR count). The molecule has 0 aromatic rings. The molecular formula is C14H32N2O2S. The summed E-state index contributed by atoms with van der Waals surface area (Å²) in [6.45, 7) is 11.3. The van der Waals surface area contributed by atoms with E-state index < -0.39 is 9.84 Å². The molecular weight excluding hydrogens is 260 g/mol. The summed E-state index contributed by atoms with van der Waals surface area (Å²) in [6, 6.07) is 0.485. The highest BCUT2D eigenvalue weighted by Gasteiger charge is 2.27. The van der Waals surface area contributed by atoms with E-state index in [1.54, 1.807) is 0 Å². The van der Waals surface area contributed by atoms with Crippen LogP contribution in [0.1, 0.15) is 40.5 Å². The van der Waals surface area contributed by atoms with Crippen molar-refractivity contribution in [1.29, 1.82) is 0 Å². The Hall–Kier alpha value is -0.130. The third kappa shape index (κ3) is 8.60. The van der Waals surface area contributed by atoms with Crippen molar-refractivity contribution in [2.24, 2.45) is 5.41 Å². The molecule has 0 aliphatic heterocycles. The maximum atomic E-state index is 11.2. The molecule has 5 heteroatoms. The van der Waals surface area contributed by atoms with Gasteiger partial charge in [-0.2, -0.15) is 0 Å². The van der Waals surface area contributed by atoms with Crippen LogP contribution in [0.4, 0.5) is 0 Å². The van der Waals surface area contributed by atoms with Gasteiger partial charge in [-0.05, 0) is 25.3 Å². The highest BCUT2D eigenvalue weighted by molar-refractivity contribution is 7.90. The second-order valence-corrected chi connectivity index (χ2v) is 8.37. The molecule has 0 aromatic heterocycles. The third-order valence-electron chi connectivity index (χ3n) is 3.83. The fourth-order valence-electron chi connectivity index (χ4n) is 2.17. The van der Waals surface area contributed by atoms with Crippen LogP contribution in [-0.4, -0.2) is 58.1 Å². The fraction of sp³-hybridized carbons (Fsp3) is 1.00. The van der Waals surface area contributed by atoms with E-state index in [2.05, 4.69) is 37.9 Å². The maximum Gasteiger partial charge on any atom is 0.148 e. The molecule has 1 N–H and O–H groups in total. The summed E-state index contributed by atoms with van der Waals surface area (Å²) in [4.78, 5) is 2.15. The maximum absolute atomic E-state index is 11.2. The smallest absolute Gasteiger partial charge is 0.148 e. The van der Waals surface area contributed by atoms with E-state index in [-0.39, 0.29) is 11.2 Å². The van der Waals surface area contributed by atoms with Gasteiger partial charge < -0.3 is 10.2 Å². The first-order chi connectivity index (χ1) is 8.64. The van der Waals surface area contributed by atoms with E-state index in [0.717, 1.165) is 25.9 Å².